The first-order chi connectivity index (χ1) is 16.3. The Hall–Kier alpha value is -2.15. The summed E-state index contributed by atoms with van der Waals surface area (Å²) in [5.41, 5.74) is 2.89. The lowest BCUT2D eigenvalue weighted by atomic mass is 9.49. The minimum Gasteiger partial charge on any atom is -0.435 e. The van der Waals surface area contributed by atoms with E-state index >= 15 is 0 Å². The van der Waals surface area contributed by atoms with Crippen LogP contribution in [0, 0.1) is 23.2 Å². The molecule has 1 amide bonds. The molecule has 4 aliphatic rings. The van der Waals surface area contributed by atoms with Gasteiger partial charge in [0, 0.05) is 22.7 Å². The molecule has 34 heavy (non-hydrogen) atoms. The number of aromatic nitrogens is 1. The standard InChI is InChI=1S/C26H25Cl2N3O2S/c27-18-8-20(28)23-21(9-18)30-24(33-23)17-1-3-19(4-2-17)29-25(34)31-22(32)13-26-10-14-5-15(11-26)7-16(6-14)12-26/h1-4,8-9,14-16H,5-7,10-13H2,(H2,29,31,32,34). The van der Waals surface area contributed by atoms with Crippen molar-refractivity contribution in [3.63, 3.8) is 0 Å². The molecule has 1 heterocycles. The molecule has 7 rings (SSSR count). The number of nitrogens with zero attached hydrogens (tertiary/aromatic N) is 1. The number of halogens is 2. The summed E-state index contributed by atoms with van der Waals surface area (Å²) in [4.78, 5) is 17.3. The quantitative estimate of drug-likeness (QED) is 0.360. The van der Waals surface area contributed by atoms with Crippen molar-refractivity contribution in [2.75, 3.05) is 5.32 Å². The third kappa shape index (κ3) is 4.32. The highest BCUT2D eigenvalue weighted by Gasteiger charge is 2.51. The van der Waals surface area contributed by atoms with E-state index in [4.69, 9.17) is 39.8 Å². The molecule has 4 bridgehead atoms. The summed E-state index contributed by atoms with van der Waals surface area (Å²) in [6.45, 7) is 0. The zero-order valence-corrected chi connectivity index (χ0v) is 20.9. The molecule has 176 valence electrons. The van der Waals surface area contributed by atoms with Gasteiger partial charge in [0.15, 0.2) is 10.7 Å². The molecule has 5 nitrogen and oxygen atoms in total. The second-order valence-corrected chi connectivity index (χ2v) is 11.7. The molecular formula is C26H25Cl2N3O2S. The Labute approximate surface area is 213 Å². The number of hydrogen-bond donors (Lipinski definition) is 2. The third-order valence-corrected chi connectivity index (χ3v) is 8.46. The highest BCUT2D eigenvalue weighted by molar-refractivity contribution is 7.80. The minimum absolute atomic E-state index is 0.0260. The molecule has 0 radical (unpaired) electrons. The Morgan fingerprint density at radius 3 is 2.35 bits per heavy atom. The summed E-state index contributed by atoms with van der Waals surface area (Å²) in [6, 6.07) is 10.8. The first-order valence-electron chi connectivity index (χ1n) is 11.8. The van der Waals surface area contributed by atoms with Gasteiger partial charge in [0.2, 0.25) is 11.8 Å². The number of carbonyl (C=O) groups excluding carboxylic acids is 1. The normalized spacial score (nSPS) is 27.2. The van der Waals surface area contributed by atoms with Gasteiger partial charge in [-0.2, -0.15) is 0 Å². The monoisotopic (exact) mass is 513 g/mol. The van der Waals surface area contributed by atoms with Crippen molar-refractivity contribution in [1.82, 2.24) is 10.3 Å². The molecule has 1 aromatic heterocycles. The third-order valence-electron chi connectivity index (χ3n) is 7.75. The molecule has 3 aromatic rings. The Morgan fingerprint density at radius 2 is 1.71 bits per heavy atom. The summed E-state index contributed by atoms with van der Waals surface area (Å²) in [5, 5.41) is 7.27. The SMILES string of the molecule is O=C(CC12CC3CC(CC(C3)C1)C2)NC(=S)Nc1ccc(-c2nc3cc(Cl)cc(Cl)c3o2)cc1. The van der Waals surface area contributed by atoms with Crippen molar-refractivity contribution in [1.29, 1.82) is 0 Å². The summed E-state index contributed by atoms with van der Waals surface area (Å²) in [6.07, 6.45) is 8.34. The molecule has 0 spiro atoms. The number of rotatable bonds is 4. The van der Waals surface area contributed by atoms with E-state index in [1.54, 1.807) is 12.1 Å². The zero-order valence-electron chi connectivity index (χ0n) is 18.6. The zero-order chi connectivity index (χ0) is 23.4. The Balaban J connectivity index is 1.08. The number of fused-ring (bicyclic) bond motifs is 1. The van der Waals surface area contributed by atoms with Crippen molar-refractivity contribution in [2.24, 2.45) is 23.2 Å². The lowest BCUT2D eigenvalue weighted by molar-refractivity contribution is -0.127. The number of nitrogens with one attached hydrogen (secondary N) is 2. The van der Waals surface area contributed by atoms with Crippen LogP contribution in [0.15, 0.2) is 40.8 Å². The van der Waals surface area contributed by atoms with Crippen LogP contribution in [0.3, 0.4) is 0 Å². The van der Waals surface area contributed by atoms with Crippen LogP contribution >= 0.6 is 35.4 Å². The van der Waals surface area contributed by atoms with Gasteiger partial charge in [-0.25, -0.2) is 4.98 Å². The Kier molecular flexibility index (Phi) is 5.58. The van der Waals surface area contributed by atoms with Crippen LogP contribution in [-0.4, -0.2) is 16.0 Å². The molecule has 2 N–H and O–H groups in total. The number of hydrogen-bond acceptors (Lipinski definition) is 4. The molecule has 4 saturated carbocycles. The van der Waals surface area contributed by atoms with Crippen molar-refractivity contribution in [2.45, 2.75) is 44.9 Å². The highest BCUT2D eigenvalue weighted by Crippen LogP contribution is 2.61. The lowest BCUT2D eigenvalue weighted by Crippen LogP contribution is -2.48. The average Bonchev–Trinajstić information content (AvgIpc) is 3.17. The largest absolute Gasteiger partial charge is 0.435 e. The van der Waals surface area contributed by atoms with Crippen molar-refractivity contribution in [3.05, 3.63) is 46.4 Å². The number of oxazole rings is 1. The molecule has 0 saturated heterocycles. The topological polar surface area (TPSA) is 67.2 Å². The maximum absolute atomic E-state index is 12.8. The van der Waals surface area contributed by atoms with Gasteiger partial charge in [-0.3, -0.25) is 4.79 Å². The van der Waals surface area contributed by atoms with E-state index in [0.717, 1.165) is 29.0 Å². The van der Waals surface area contributed by atoms with E-state index in [0.29, 0.717) is 38.6 Å². The van der Waals surface area contributed by atoms with Gasteiger partial charge in [-0.15, -0.1) is 0 Å². The van der Waals surface area contributed by atoms with Gasteiger partial charge in [0.1, 0.15) is 5.52 Å². The van der Waals surface area contributed by atoms with E-state index < -0.39 is 0 Å². The van der Waals surface area contributed by atoms with Crippen LogP contribution in [-0.2, 0) is 4.79 Å². The molecule has 8 heteroatoms. The van der Waals surface area contributed by atoms with E-state index in [2.05, 4.69) is 15.6 Å². The van der Waals surface area contributed by atoms with E-state index in [1.165, 1.54) is 38.5 Å². The number of anilines is 1. The predicted molar refractivity (Wildman–Crippen MR) is 139 cm³/mol. The average molecular weight is 514 g/mol. The van der Waals surface area contributed by atoms with Gasteiger partial charge in [0.25, 0.3) is 0 Å². The van der Waals surface area contributed by atoms with Crippen LogP contribution in [0.2, 0.25) is 10.0 Å². The fraction of sp³-hybridized carbons (Fsp3) is 0.423. The van der Waals surface area contributed by atoms with E-state index in [1.807, 2.05) is 24.3 Å². The molecule has 0 atom stereocenters. The fourth-order valence-electron chi connectivity index (χ4n) is 6.96. The second-order valence-electron chi connectivity index (χ2n) is 10.4. The molecule has 4 fully saturated rings. The molecule has 0 unspecified atom stereocenters. The van der Waals surface area contributed by atoms with E-state index in [-0.39, 0.29) is 11.3 Å². The summed E-state index contributed by atoms with van der Waals surface area (Å²) in [7, 11) is 0. The number of benzene rings is 2. The summed E-state index contributed by atoms with van der Waals surface area (Å²) in [5.74, 6) is 2.97. The first kappa shape index (κ1) is 22.3. The number of carbonyl (C=O) groups is 1. The van der Waals surface area contributed by atoms with Crippen LogP contribution in [0.5, 0.6) is 0 Å². The van der Waals surface area contributed by atoms with Gasteiger partial charge < -0.3 is 15.1 Å². The smallest absolute Gasteiger partial charge is 0.227 e. The molecule has 2 aromatic carbocycles. The number of thiocarbonyl (C=S) groups is 1. The minimum atomic E-state index is 0.0260. The van der Waals surface area contributed by atoms with Crippen LogP contribution in [0.4, 0.5) is 5.69 Å². The van der Waals surface area contributed by atoms with Crippen LogP contribution < -0.4 is 10.6 Å². The summed E-state index contributed by atoms with van der Waals surface area (Å²) >= 11 is 17.7. The lowest BCUT2D eigenvalue weighted by Gasteiger charge is -2.56. The summed E-state index contributed by atoms with van der Waals surface area (Å²) < 4.78 is 5.82. The Morgan fingerprint density at radius 1 is 1.06 bits per heavy atom. The van der Waals surface area contributed by atoms with Crippen LogP contribution in [0.25, 0.3) is 22.6 Å². The van der Waals surface area contributed by atoms with Crippen LogP contribution in [0.1, 0.15) is 44.9 Å². The molecule has 0 aliphatic heterocycles. The van der Waals surface area contributed by atoms with Gasteiger partial charge in [-0.05, 0) is 110 Å². The predicted octanol–water partition coefficient (Wildman–Crippen LogP) is 7.22. The Bertz CT molecular complexity index is 1250. The fourth-order valence-corrected chi connectivity index (χ4v) is 7.71. The van der Waals surface area contributed by atoms with Gasteiger partial charge in [0.05, 0.1) is 5.02 Å². The van der Waals surface area contributed by atoms with Crippen molar-refractivity contribution >= 4 is 63.2 Å². The highest BCUT2D eigenvalue weighted by atomic mass is 35.5. The first-order valence-corrected chi connectivity index (χ1v) is 13.0. The number of amides is 1. The molecule has 4 aliphatic carbocycles. The maximum Gasteiger partial charge on any atom is 0.227 e. The maximum atomic E-state index is 12.8. The second kappa shape index (κ2) is 8.51. The van der Waals surface area contributed by atoms with Gasteiger partial charge >= 0.3 is 0 Å². The van der Waals surface area contributed by atoms with Crippen molar-refractivity contribution < 1.29 is 9.21 Å². The van der Waals surface area contributed by atoms with Crippen molar-refractivity contribution in [3.8, 4) is 11.5 Å². The van der Waals surface area contributed by atoms with E-state index in [9.17, 15) is 4.79 Å². The molecular weight excluding hydrogens is 489 g/mol. The van der Waals surface area contributed by atoms with Gasteiger partial charge in [-0.1, -0.05) is 23.2 Å².